The Hall–Kier alpha value is -1.56. The van der Waals surface area contributed by atoms with Crippen LogP contribution in [-0.4, -0.2) is 20.9 Å². The van der Waals surface area contributed by atoms with Crippen molar-refractivity contribution in [3.8, 4) is 0 Å². The number of alkyl halides is 3. The first kappa shape index (κ1) is 13.9. The first-order valence-corrected chi connectivity index (χ1v) is 6.72. The van der Waals surface area contributed by atoms with Gasteiger partial charge in [0.05, 0.1) is 23.6 Å². The molecule has 3 nitrogen and oxygen atoms in total. The van der Waals surface area contributed by atoms with Gasteiger partial charge in [-0.3, -0.25) is 9.48 Å². The maximum Gasteiger partial charge on any atom is 0.280 e. The van der Waals surface area contributed by atoms with Crippen LogP contribution in [0.15, 0.2) is 36.5 Å². The summed E-state index contributed by atoms with van der Waals surface area (Å²) < 4.78 is 27.4. The Balaban J connectivity index is 2.36. The number of nitrogens with zero attached hydrogens (tertiary/aromatic N) is 2. The summed E-state index contributed by atoms with van der Waals surface area (Å²) in [5.41, 5.74) is 0.501. The second-order valence-corrected chi connectivity index (χ2v) is 4.50. The predicted molar refractivity (Wildman–Crippen MR) is 70.9 cm³/mol. The maximum absolute atomic E-state index is 13.1. The normalized spacial score (nSPS) is 10.9. The molecule has 0 fully saturated rings. The van der Waals surface area contributed by atoms with Gasteiger partial charge in [0.1, 0.15) is 5.69 Å². The molecule has 0 saturated heterocycles. The fraction of sp³-hybridized carbons (Fsp3) is 0.231. The molecule has 0 N–H and O–H groups in total. The van der Waals surface area contributed by atoms with E-state index in [9.17, 15) is 13.6 Å². The summed E-state index contributed by atoms with van der Waals surface area (Å²) in [7, 11) is 0. The molecule has 0 bridgehead atoms. The van der Waals surface area contributed by atoms with Crippen LogP contribution in [0.4, 0.5) is 8.78 Å². The third-order valence-corrected chi connectivity index (χ3v) is 3.19. The summed E-state index contributed by atoms with van der Waals surface area (Å²) in [4.78, 5) is 11.6. The van der Waals surface area contributed by atoms with Crippen molar-refractivity contribution in [2.24, 2.45) is 0 Å². The fourth-order valence-corrected chi connectivity index (χ4v) is 2.10. The van der Waals surface area contributed by atoms with Crippen LogP contribution in [0.3, 0.4) is 0 Å². The van der Waals surface area contributed by atoms with Crippen molar-refractivity contribution in [3.63, 3.8) is 0 Å². The lowest BCUT2D eigenvalue weighted by Gasteiger charge is -2.08. The van der Waals surface area contributed by atoms with Crippen LogP contribution >= 0.6 is 15.9 Å². The lowest BCUT2D eigenvalue weighted by molar-refractivity contribution is 0.1000. The predicted octanol–water partition coefficient (Wildman–Crippen LogP) is 3.45. The minimum Gasteiger partial charge on any atom is -0.293 e. The number of hydrogen-bond acceptors (Lipinski definition) is 2. The molecule has 0 aliphatic heterocycles. The molecule has 100 valence electrons. The maximum atomic E-state index is 13.1. The number of hydrogen-bond donors (Lipinski definition) is 0. The van der Waals surface area contributed by atoms with Crippen LogP contribution in [-0.2, 0) is 6.54 Å². The van der Waals surface area contributed by atoms with Gasteiger partial charge in [0.15, 0.2) is 5.78 Å². The first-order valence-electron chi connectivity index (χ1n) is 5.60. The van der Waals surface area contributed by atoms with Crippen molar-refractivity contribution in [2.75, 3.05) is 5.33 Å². The first-order chi connectivity index (χ1) is 9.13. The fourth-order valence-electron chi connectivity index (χ4n) is 1.79. The highest BCUT2D eigenvalue weighted by molar-refractivity contribution is 9.09. The molecule has 0 atom stereocenters. The number of ketones is 1. The largest absolute Gasteiger partial charge is 0.293 e. The monoisotopic (exact) mass is 328 g/mol. The van der Waals surface area contributed by atoms with Gasteiger partial charge < -0.3 is 0 Å². The van der Waals surface area contributed by atoms with E-state index in [1.54, 1.807) is 0 Å². The third-order valence-electron chi connectivity index (χ3n) is 2.68. The van der Waals surface area contributed by atoms with Crippen molar-refractivity contribution in [3.05, 3.63) is 53.3 Å². The van der Waals surface area contributed by atoms with Gasteiger partial charge in [-0.15, -0.1) is 0 Å². The van der Waals surface area contributed by atoms with Crippen molar-refractivity contribution in [1.82, 2.24) is 9.78 Å². The van der Waals surface area contributed by atoms with E-state index < -0.39 is 12.2 Å². The van der Waals surface area contributed by atoms with Gasteiger partial charge in [-0.05, 0) is 5.56 Å². The molecule has 1 aromatic heterocycles. The zero-order chi connectivity index (χ0) is 13.8. The highest BCUT2D eigenvalue weighted by Crippen LogP contribution is 2.24. The Kier molecular flexibility index (Phi) is 4.42. The van der Waals surface area contributed by atoms with Gasteiger partial charge in [0.2, 0.25) is 0 Å². The van der Waals surface area contributed by atoms with Crippen LogP contribution in [0.1, 0.15) is 28.0 Å². The Morgan fingerprint density at radius 2 is 2.00 bits per heavy atom. The van der Waals surface area contributed by atoms with Gasteiger partial charge in [-0.25, -0.2) is 8.78 Å². The molecule has 0 aliphatic rings. The lowest BCUT2D eigenvalue weighted by Crippen LogP contribution is -2.10. The summed E-state index contributed by atoms with van der Waals surface area (Å²) in [6.07, 6.45) is -1.53. The van der Waals surface area contributed by atoms with E-state index in [0.29, 0.717) is 0 Å². The van der Waals surface area contributed by atoms with E-state index in [1.165, 1.54) is 10.9 Å². The Bertz CT molecular complexity index is 569. The zero-order valence-corrected chi connectivity index (χ0v) is 11.5. The Labute approximate surface area is 117 Å². The minimum absolute atomic E-state index is 0.00372. The zero-order valence-electron chi connectivity index (χ0n) is 9.89. The Morgan fingerprint density at radius 3 is 2.58 bits per heavy atom. The molecular weight excluding hydrogens is 318 g/mol. The molecule has 6 heteroatoms. The molecule has 0 unspecified atom stereocenters. The average molecular weight is 329 g/mol. The molecule has 2 rings (SSSR count). The average Bonchev–Trinajstić information content (AvgIpc) is 2.83. The molecule has 19 heavy (non-hydrogen) atoms. The number of carbonyl (C=O) groups is 1. The molecular formula is C13H11BrF2N2O. The van der Waals surface area contributed by atoms with Gasteiger partial charge in [-0.2, -0.15) is 5.10 Å². The molecule has 1 aromatic carbocycles. The molecule has 0 saturated carbocycles. The molecule has 0 radical (unpaired) electrons. The number of rotatable bonds is 5. The van der Waals surface area contributed by atoms with E-state index in [0.717, 1.165) is 5.56 Å². The number of halogens is 3. The van der Waals surface area contributed by atoms with E-state index in [4.69, 9.17) is 0 Å². The van der Waals surface area contributed by atoms with E-state index in [2.05, 4.69) is 21.0 Å². The summed E-state index contributed by atoms with van der Waals surface area (Å²) in [5.74, 6) is -0.394. The molecule has 0 spiro atoms. The standard InChI is InChI=1S/C13H11BrF2N2O/c14-6-11(19)10-7-17-18(12(10)13(15)16)8-9-4-2-1-3-5-9/h1-5,7,13H,6,8H2. The summed E-state index contributed by atoms with van der Waals surface area (Å²) in [6, 6.07) is 9.14. The topological polar surface area (TPSA) is 34.9 Å². The smallest absolute Gasteiger partial charge is 0.280 e. The van der Waals surface area contributed by atoms with E-state index >= 15 is 0 Å². The number of aromatic nitrogens is 2. The van der Waals surface area contributed by atoms with Gasteiger partial charge >= 0.3 is 0 Å². The minimum atomic E-state index is -2.73. The SMILES string of the molecule is O=C(CBr)c1cnn(Cc2ccccc2)c1C(F)F. The van der Waals surface area contributed by atoms with Crippen LogP contribution in [0.5, 0.6) is 0 Å². The highest BCUT2D eigenvalue weighted by atomic mass is 79.9. The Morgan fingerprint density at radius 1 is 1.32 bits per heavy atom. The van der Waals surface area contributed by atoms with Crippen molar-refractivity contribution in [1.29, 1.82) is 0 Å². The van der Waals surface area contributed by atoms with Crippen molar-refractivity contribution in [2.45, 2.75) is 13.0 Å². The molecule has 1 heterocycles. The van der Waals surface area contributed by atoms with Crippen LogP contribution < -0.4 is 0 Å². The van der Waals surface area contributed by atoms with Gasteiger partial charge in [-0.1, -0.05) is 46.3 Å². The van der Waals surface area contributed by atoms with E-state index in [1.807, 2.05) is 30.3 Å². The summed E-state index contributed by atoms with van der Waals surface area (Å²) >= 11 is 2.98. The summed E-state index contributed by atoms with van der Waals surface area (Å²) in [6.45, 7) is 0.218. The van der Waals surface area contributed by atoms with Gasteiger partial charge in [0.25, 0.3) is 6.43 Å². The number of Topliss-reactive ketones (excluding diaryl/α,β-unsaturated/α-hetero) is 1. The highest BCUT2D eigenvalue weighted by Gasteiger charge is 2.23. The molecule has 0 aliphatic carbocycles. The van der Waals surface area contributed by atoms with E-state index in [-0.39, 0.29) is 23.1 Å². The van der Waals surface area contributed by atoms with Crippen LogP contribution in [0.25, 0.3) is 0 Å². The van der Waals surface area contributed by atoms with Crippen molar-refractivity contribution < 1.29 is 13.6 Å². The van der Waals surface area contributed by atoms with Crippen LogP contribution in [0.2, 0.25) is 0 Å². The molecule has 0 amide bonds. The quantitative estimate of drug-likeness (QED) is 0.622. The number of carbonyl (C=O) groups excluding carboxylic acids is 1. The second-order valence-electron chi connectivity index (χ2n) is 3.94. The number of benzene rings is 1. The van der Waals surface area contributed by atoms with Gasteiger partial charge in [0, 0.05) is 0 Å². The second kappa shape index (κ2) is 6.06. The summed E-state index contributed by atoms with van der Waals surface area (Å²) in [5, 5.41) is 3.90. The lowest BCUT2D eigenvalue weighted by atomic mass is 10.1. The molecule has 2 aromatic rings. The van der Waals surface area contributed by atoms with Crippen LogP contribution in [0, 0.1) is 0 Å². The van der Waals surface area contributed by atoms with Crippen molar-refractivity contribution >= 4 is 21.7 Å². The third kappa shape index (κ3) is 3.07.